The largest absolute Gasteiger partial charge is 0.489 e. The number of nitrogen functional groups attached to an aromatic ring is 1. The third-order valence-corrected chi connectivity index (χ3v) is 5.76. The summed E-state index contributed by atoms with van der Waals surface area (Å²) in [5.74, 6) is 0.859. The number of ether oxygens (including phenoxy) is 1. The highest BCUT2D eigenvalue weighted by Gasteiger charge is 2.08. The van der Waals surface area contributed by atoms with Gasteiger partial charge in [-0.25, -0.2) is 15.0 Å². The Morgan fingerprint density at radius 1 is 0.967 bits per heavy atom. The van der Waals surface area contributed by atoms with Gasteiger partial charge in [0.15, 0.2) is 5.13 Å². The number of hydrogen-bond donors (Lipinski definition) is 1. The van der Waals surface area contributed by atoms with Crippen molar-refractivity contribution in [3.05, 3.63) is 88.8 Å². The normalized spacial score (nSPS) is 10.8. The molecule has 0 aliphatic heterocycles. The lowest BCUT2D eigenvalue weighted by Crippen LogP contribution is -1.97. The van der Waals surface area contributed by atoms with Gasteiger partial charge < -0.3 is 10.5 Å². The van der Waals surface area contributed by atoms with Gasteiger partial charge in [0.25, 0.3) is 0 Å². The summed E-state index contributed by atoms with van der Waals surface area (Å²) < 4.78 is 5.94. The summed E-state index contributed by atoms with van der Waals surface area (Å²) in [6.45, 7) is 2.64. The van der Waals surface area contributed by atoms with Crippen LogP contribution in [0.3, 0.4) is 0 Å². The number of anilines is 1. The minimum atomic E-state index is 0.558. The van der Waals surface area contributed by atoms with Crippen molar-refractivity contribution in [3.8, 4) is 17.0 Å². The van der Waals surface area contributed by atoms with Gasteiger partial charge in [0, 0.05) is 22.3 Å². The molecule has 0 amide bonds. The molecule has 4 rings (SSSR count). The van der Waals surface area contributed by atoms with Crippen LogP contribution in [0.15, 0.2) is 67.1 Å². The van der Waals surface area contributed by atoms with Gasteiger partial charge in [-0.1, -0.05) is 30.3 Å². The molecule has 0 fully saturated rings. The highest BCUT2D eigenvalue weighted by molar-refractivity contribution is 7.15. The molecular formula is C24H24N4OS. The molecule has 4 aromatic rings. The molecule has 0 saturated heterocycles. The Kier molecular flexibility index (Phi) is 6.35. The van der Waals surface area contributed by atoms with Gasteiger partial charge in [-0.2, -0.15) is 0 Å². The minimum Gasteiger partial charge on any atom is -0.489 e. The van der Waals surface area contributed by atoms with Crippen molar-refractivity contribution in [1.82, 2.24) is 15.0 Å². The SMILES string of the molecule is Cc1cc(OCc2ccccc2)ccc1-c1cc(CCCc2cnc(N)s2)ncn1. The topological polar surface area (TPSA) is 73.9 Å². The van der Waals surface area contributed by atoms with Crippen LogP contribution in [0.2, 0.25) is 0 Å². The zero-order valence-electron chi connectivity index (χ0n) is 16.9. The molecule has 2 aromatic carbocycles. The second-order valence-electron chi connectivity index (χ2n) is 7.16. The van der Waals surface area contributed by atoms with Crippen LogP contribution in [0.1, 0.15) is 28.1 Å². The number of aryl methyl sites for hydroxylation is 3. The van der Waals surface area contributed by atoms with Crippen LogP contribution in [-0.2, 0) is 19.4 Å². The summed E-state index contributed by atoms with van der Waals surface area (Å²) in [6, 6.07) is 18.4. The fourth-order valence-electron chi connectivity index (χ4n) is 3.32. The van der Waals surface area contributed by atoms with Crippen LogP contribution < -0.4 is 10.5 Å². The van der Waals surface area contributed by atoms with E-state index in [0.29, 0.717) is 11.7 Å². The Balaban J connectivity index is 1.40. The molecule has 0 saturated carbocycles. The molecule has 5 nitrogen and oxygen atoms in total. The van der Waals surface area contributed by atoms with Gasteiger partial charge in [0.05, 0.1) is 5.69 Å². The van der Waals surface area contributed by atoms with Crippen molar-refractivity contribution in [1.29, 1.82) is 0 Å². The first-order valence-electron chi connectivity index (χ1n) is 9.96. The molecule has 30 heavy (non-hydrogen) atoms. The van der Waals surface area contributed by atoms with Crippen molar-refractivity contribution >= 4 is 16.5 Å². The Hall–Kier alpha value is -3.25. The van der Waals surface area contributed by atoms with Crippen molar-refractivity contribution < 1.29 is 4.74 Å². The maximum absolute atomic E-state index is 5.94. The highest BCUT2D eigenvalue weighted by atomic mass is 32.1. The van der Waals surface area contributed by atoms with E-state index in [4.69, 9.17) is 10.5 Å². The summed E-state index contributed by atoms with van der Waals surface area (Å²) in [5, 5.41) is 0.626. The van der Waals surface area contributed by atoms with E-state index in [1.165, 1.54) is 4.88 Å². The Morgan fingerprint density at radius 3 is 2.60 bits per heavy atom. The summed E-state index contributed by atoms with van der Waals surface area (Å²) in [4.78, 5) is 14.2. The maximum Gasteiger partial charge on any atom is 0.180 e. The molecular weight excluding hydrogens is 392 g/mol. The summed E-state index contributed by atoms with van der Waals surface area (Å²) >= 11 is 1.55. The lowest BCUT2D eigenvalue weighted by atomic mass is 10.0. The predicted octanol–water partition coefficient (Wildman–Crippen LogP) is 5.25. The molecule has 0 aliphatic carbocycles. The van der Waals surface area contributed by atoms with Gasteiger partial charge in [-0.15, -0.1) is 11.3 Å². The van der Waals surface area contributed by atoms with E-state index >= 15 is 0 Å². The molecule has 2 N–H and O–H groups in total. The second kappa shape index (κ2) is 9.50. The van der Waals surface area contributed by atoms with Crippen molar-refractivity contribution in [2.24, 2.45) is 0 Å². The summed E-state index contributed by atoms with van der Waals surface area (Å²) in [6.07, 6.45) is 6.36. The molecule has 0 unspecified atom stereocenters. The smallest absolute Gasteiger partial charge is 0.180 e. The number of thiazole rings is 1. The molecule has 152 valence electrons. The van der Waals surface area contributed by atoms with Crippen LogP contribution in [0.25, 0.3) is 11.3 Å². The molecule has 0 aliphatic rings. The zero-order chi connectivity index (χ0) is 20.8. The first-order chi connectivity index (χ1) is 14.7. The standard InChI is InChI=1S/C24H24N4OS/c1-17-12-20(29-15-18-6-3-2-4-7-18)10-11-22(17)23-13-19(27-16-28-23)8-5-9-21-14-26-24(25)30-21/h2-4,6-7,10-14,16H,5,8-9,15H2,1H3,(H2,25,26). The lowest BCUT2D eigenvalue weighted by molar-refractivity contribution is 0.306. The van der Waals surface area contributed by atoms with Gasteiger partial charge in [-0.05, 0) is 61.6 Å². The average Bonchev–Trinajstić information content (AvgIpc) is 3.18. The average molecular weight is 417 g/mol. The van der Waals surface area contributed by atoms with E-state index in [1.807, 2.05) is 30.5 Å². The molecule has 0 spiro atoms. The van der Waals surface area contributed by atoms with Gasteiger partial charge in [-0.3, -0.25) is 0 Å². The van der Waals surface area contributed by atoms with Crippen molar-refractivity contribution in [3.63, 3.8) is 0 Å². The fraction of sp³-hybridized carbons (Fsp3) is 0.208. The molecule has 2 heterocycles. The summed E-state index contributed by atoms with van der Waals surface area (Å²) in [7, 11) is 0. The van der Waals surface area contributed by atoms with E-state index < -0.39 is 0 Å². The first kappa shape index (κ1) is 20.0. The summed E-state index contributed by atoms with van der Waals surface area (Å²) in [5.41, 5.74) is 11.1. The number of benzene rings is 2. The second-order valence-corrected chi connectivity index (χ2v) is 8.31. The molecule has 0 radical (unpaired) electrons. The number of nitrogens with two attached hydrogens (primary N) is 1. The number of hydrogen-bond acceptors (Lipinski definition) is 6. The van der Waals surface area contributed by atoms with Crippen molar-refractivity contribution in [2.75, 3.05) is 5.73 Å². The third-order valence-electron chi connectivity index (χ3n) is 4.87. The van der Waals surface area contributed by atoms with Crippen LogP contribution in [0, 0.1) is 6.92 Å². The minimum absolute atomic E-state index is 0.558. The Morgan fingerprint density at radius 2 is 1.83 bits per heavy atom. The van der Waals surface area contributed by atoms with Crippen molar-refractivity contribution in [2.45, 2.75) is 32.8 Å². The van der Waals surface area contributed by atoms with Crippen LogP contribution in [0.4, 0.5) is 5.13 Å². The number of nitrogens with zero attached hydrogens (tertiary/aromatic N) is 3. The van der Waals surface area contributed by atoms with Crippen LogP contribution in [0.5, 0.6) is 5.75 Å². The maximum atomic E-state index is 5.94. The monoisotopic (exact) mass is 416 g/mol. The van der Waals surface area contributed by atoms with E-state index in [-0.39, 0.29) is 0 Å². The molecule has 0 bridgehead atoms. The zero-order valence-corrected chi connectivity index (χ0v) is 17.7. The molecule has 6 heteroatoms. The lowest BCUT2D eigenvalue weighted by Gasteiger charge is -2.11. The highest BCUT2D eigenvalue weighted by Crippen LogP contribution is 2.26. The van der Waals surface area contributed by atoms with E-state index in [9.17, 15) is 0 Å². The fourth-order valence-corrected chi connectivity index (χ4v) is 4.04. The quantitative estimate of drug-likeness (QED) is 0.425. The van der Waals surface area contributed by atoms with E-state index in [1.54, 1.807) is 17.7 Å². The number of rotatable bonds is 8. The van der Waals surface area contributed by atoms with Crippen LogP contribution >= 0.6 is 11.3 Å². The molecule has 2 aromatic heterocycles. The van der Waals surface area contributed by atoms with Gasteiger partial charge >= 0.3 is 0 Å². The van der Waals surface area contributed by atoms with E-state index in [0.717, 1.165) is 53.1 Å². The molecule has 0 atom stereocenters. The number of aromatic nitrogens is 3. The van der Waals surface area contributed by atoms with Crippen LogP contribution in [-0.4, -0.2) is 15.0 Å². The van der Waals surface area contributed by atoms with Gasteiger partial charge in [0.1, 0.15) is 18.7 Å². The van der Waals surface area contributed by atoms with Gasteiger partial charge in [0.2, 0.25) is 0 Å². The Labute approximate surface area is 180 Å². The first-order valence-corrected chi connectivity index (χ1v) is 10.8. The predicted molar refractivity (Wildman–Crippen MR) is 122 cm³/mol. The third kappa shape index (κ3) is 5.21. The Bertz CT molecular complexity index is 1110. The van der Waals surface area contributed by atoms with E-state index in [2.05, 4.69) is 52.2 Å².